The van der Waals surface area contributed by atoms with E-state index in [0.29, 0.717) is 23.0 Å². The van der Waals surface area contributed by atoms with Crippen LogP contribution in [0.5, 0.6) is 11.5 Å². The molecule has 0 amide bonds. The van der Waals surface area contributed by atoms with Gasteiger partial charge in [0.1, 0.15) is 11.5 Å². The lowest BCUT2D eigenvalue weighted by Gasteiger charge is -2.16. The highest BCUT2D eigenvalue weighted by molar-refractivity contribution is 6.12. The van der Waals surface area contributed by atoms with Crippen molar-refractivity contribution in [3.8, 4) is 22.6 Å². The maximum absolute atomic E-state index is 11.4. The van der Waals surface area contributed by atoms with E-state index in [-0.39, 0.29) is 17.1 Å². The lowest BCUT2D eigenvalue weighted by atomic mass is 9.89. The van der Waals surface area contributed by atoms with Gasteiger partial charge in [0.2, 0.25) is 0 Å². The van der Waals surface area contributed by atoms with Crippen molar-refractivity contribution >= 4 is 27.8 Å². The summed E-state index contributed by atoms with van der Waals surface area (Å²) in [6.07, 6.45) is 0.639. The van der Waals surface area contributed by atoms with Crippen molar-refractivity contribution < 1.29 is 15.0 Å². The zero-order valence-electron chi connectivity index (χ0n) is 13.7. The van der Waals surface area contributed by atoms with E-state index < -0.39 is 0 Å². The summed E-state index contributed by atoms with van der Waals surface area (Å²) >= 11 is 0. The number of phenols is 2. The number of benzene rings is 4. The van der Waals surface area contributed by atoms with Gasteiger partial charge in [0.25, 0.3) is 0 Å². The molecule has 0 aliphatic carbocycles. The molecule has 25 heavy (non-hydrogen) atoms. The van der Waals surface area contributed by atoms with Crippen LogP contribution in [0.4, 0.5) is 0 Å². The average molecular weight is 328 g/mol. The number of fused-ring (bicyclic) bond motifs is 2. The van der Waals surface area contributed by atoms with Crippen LogP contribution in [0.15, 0.2) is 60.7 Å². The summed E-state index contributed by atoms with van der Waals surface area (Å²) < 4.78 is 0. The molecular weight excluding hydrogens is 312 g/mol. The molecule has 0 unspecified atom stereocenters. The Morgan fingerprint density at radius 3 is 1.88 bits per heavy atom. The monoisotopic (exact) mass is 328 g/mol. The molecule has 0 fully saturated rings. The molecule has 3 nitrogen and oxygen atoms in total. The van der Waals surface area contributed by atoms with Gasteiger partial charge >= 0.3 is 0 Å². The number of aromatic hydroxyl groups is 2. The Bertz CT molecular complexity index is 1140. The van der Waals surface area contributed by atoms with Crippen LogP contribution < -0.4 is 0 Å². The second-order valence-corrected chi connectivity index (χ2v) is 6.17. The van der Waals surface area contributed by atoms with Crippen molar-refractivity contribution in [2.24, 2.45) is 0 Å². The molecule has 4 rings (SSSR count). The second kappa shape index (κ2) is 5.64. The average Bonchev–Trinajstić information content (AvgIpc) is 2.63. The highest BCUT2D eigenvalue weighted by atomic mass is 16.3. The molecule has 0 heterocycles. The molecule has 3 heteroatoms. The quantitative estimate of drug-likeness (QED) is 0.498. The lowest BCUT2D eigenvalue weighted by Crippen LogP contribution is -1.92. The molecule has 0 radical (unpaired) electrons. The Balaban J connectivity index is 2.27. The van der Waals surface area contributed by atoms with Gasteiger partial charge in [-0.15, -0.1) is 0 Å². The summed E-state index contributed by atoms with van der Waals surface area (Å²) in [6, 6.07) is 18.8. The zero-order chi connectivity index (χ0) is 17.6. The molecule has 0 aliphatic heterocycles. The first-order chi connectivity index (χ1) is 12.1. The van der Waals surface area contributed by atoms with Crippen LogP contribution in [0.25, 0.3) is 32.7 Å². The van der Waals surface area contributed by atoms with Crippen molar-refractivity contribution in [2.75, 3.05) is 0 Å². The van der Waals surface area contributed by atoms with Gasteiger partial charge in [0.15, 0.2) is 6.29 Å². The van der Waals surface area contributed by atoms with Gasteiger partial charge in [-0.25, -0.2) is 0 Å². The molecule has 4 aromatic rings. The largest absolute Gasteiger partial charge is 0.507 e. The van der Waals surface area contributed by atoms with Gasteiger partial charge < -0.3 is 10.2 Å². The normalized spacial score (nSPS) is 11.1. The number of rotatable bonds is 2. The molecule has 0 spiro atoms. The highest BCUT2D eigenvalue weighted by Crippen LogP contribution is 2.46. The summed E-state index contributed by atoms with van der Waals surface area (Å²) in [4.78, 5) is 11.4. The number of carbonyl (C=O) groups is 1. The zero-order valence-corrected chi connectivity index (χ0v) is 13.7. The first-order valence-electron chi connectivity index (χ1n) is 8.03. The number of aldehydes is 1. The maximum Gasteiger partial charge on any atom is 0.153 e. The van der Waals surface area contributed by atoms with Crippen molar-refractivity contribution in [1.82, 2.24) is 0 Å². The number of aryl methyl sites for hydroxylation is 1. The summed E-state index contributed by atoms with van der Waals surface area (Å²) in [7, 11) is 0. The number of hydrogen-bond donors (Lipinski definition) is 2. The number of hydrogen-bond acceptors (Lipinski definition) is 3. The van der Waals surface area contributed by atoms with Crippen molar-refractivity contribution in [3.05, 3.63) is 71.8 Å². The smallest absolute Gasteiger partial charge is 0.153 e. The third-order valence-corrected chi connectivity index (χ3v) is 4.64. The topological polar surface area (TPSA) is 57.5 Å². The SMILES string of the molecule is Cc1cc2ccccc2c(-c2c(O)c(C=O)cc3ccccc23)c1O. The molecular formula is C22H16O3. The third kappa shape index (κ3) is 2.24. The van der Waals surface area contributed by atoms with E-state index in [1.807, 2.05) is 61.5 Å². The van der Waals surface area contributed by atoms with Crippen LogP contribution in [-0.4, -0.2) is 16.5 Å². The maximum atomic E-state index is 11.4. The summed E-state index contributed by atoms with van der Waals surface area (Å²) in [5.41, 5.74) is 1.96. The molecule has 2 N–H and O–H groups in total. The Morgan fingerprint density at radius 1 is 0.760 bits per heavy atom. The Hall–Kier alpha value is -3.33. The minimum absolute atomic E-state index is 0.111. The van der Waals surface area contributed by atoms with Crippen molar-refractivity contribution in [1.29, 1.82) is 0 Å². The molecule has 0 aliphatic rings. The Kier molecular flexibility index (Phi) is 3.43. The van der Waals surface area contributed by atoms with E-state index in [1.165, 1.54) is 0 Å². The predicted molar refractivity (Wildman–Crippen MR) is 100 cm³/mol. The molecule has 0 bridgehead atoms. The molecule has 0 aromatic heterocycles. The van der Waals surface area contributed by atoms with E-state index in [9.17, 15) is 15.0 Å². The van der Waals surface area contributed by atoms with Gasteiger partial charge in [-0.1, -0.05) is 48.5 Å². The fourth-order valence-corrected chi connectivity index (χ4v) is 3.43. The Morgan fingerprint density at radius 2 is 1.28 bits per heavy atom. The van der Waals surface area contributed by atoms with E-state index in [4.69, 9.17) is 0 Å². The van der Waals surface area contributed by atoms with Crippen molar-refractivity contribution in [3.63, 3.8) is 0 Å². The fourth-order valence-electron chi connectivity index (χ4n) is 3.43. The van der Waals surface area contributed by atoms with Crippen LogP contribution >= 0.6 is 0 Å². The van der Waals surface area contributed by atoms with Crippen LogP contribution in [-0.2, 0) is 0 Å². The minimum atomic E-state index is -0.111. The molecule has 122 valence electrons. The lowest BCUT2D eigenvalue weighted by molar-refractivity contribution is 0.112. The highest BCUT2D eigenvalue weighted by Gasteiger charge is 2.20. The molecule has 0 atom stereocenters. The fraction of sp³-hybridized carbons (Fsp3) is 0.0455. The van der Waals surface area contributed by atoms with Gasteiger partial charge in [0.05, 0.1) is 5.56 Å². The predicted octanol–water partition coefficient (Wildman–Crippen LogP) is 5.19. The number of phenolic OH excluding ortho intramolecular Hbond substituents is 2. The third-order valence-electron chi connectivity index (χ3n) is 4.64. The van der Waals surface area contributed by atoms with E-state index in [2.05, 4.69) is 0 Å². The van der Waals surface area contributed by atoms with Gasteiger partial charge in [-0.2, -0.15) is 0 Å². The van der Waals surface area contributed by atoms with Gasteiger partial charge in [0, 0.05) is 11.1 Å². The molecule has 0 saturated heterocycles. The summed E-state index contributed by atoms with van der Waals surface area (Å²) in [5, 5.41) is 25.0. The Labute approximate surface area is 144 Å². The number of carbonyl (C=O) groups excluding carboxylic acids is 1. The summed E-state index contributed by atoms with van der Waals surface area (Å²) in [6.45, 7) is 1.83. The first kappa shape index (κ1) is 15.2. The second-order valence-electron chi connectivity index (χ2n) is 6.17. The van der Waals surface area contributed by atoms with E-state index >= 15 is 0 Å². The molecule has 0 saturated carbocycles. The van der Waals surface area contributed by atoms with Gasteiger partial charge in [-0.05, 0) is 46.2 Å². The standard InChI is InChI=1S/C22H16O3/c1-13-10-14-6-2-4-8-17(14)19(21(13)24)20-18-9-5-3-7-15(18)11-16(12-23)22(20)25/h2-12,24-25H,1H3. The molecule has 4 aromatic carbocycles. The van der Waals surface area contributed by atoms with Gasteiger partial charge in [-0.3, -0.25) is 4.79 Å². The van der Waals surface area contributed by atoms with Crippen LogP contribution in [0.3, 0.4) is 0 Å². The van der Waals surface area contributed by atoms with E-state index in [1.54, 1.807) is 6.07 Å². The first-order valence-corrected chi connectivity index (χ1v) is 8.03. The summed E-state index contributed by atoms with van der Waals surface area (Å²) in [5.74, 6) is 0.00181. The van der Waals surface area contributed by atoms with Crippen LogP contribution in [0.2, 0.25) is 0 Å². The van der Waals surface area contributed by atoms with Crippen LogP contribution in [0.1, 0.15) is 15.9 Å². The van der Waals surface area contributed by atoms with Crippen LogP contribution in [0, 0.1) is 6.92 Å². The van der Waals surface area contributed by atoms with Crippen molar-refractivity contribution in [2.45, 2.75) is 6.92 Å². The minimum Gasteiger partial charge on any atom is -0.507 e. The van der Waals surface area contributed by atoms with E-state index in [0.717, 1.165) is 21.5 Å².